The van der Waals surface area contributed by atoms with E-state index in [-0.39, 0.29) is 11.7 Å². The Balaban J connectivity index is 2.24. The maximum absolute atomic E-state index is 13.6. The number of carbonyl (C=O) groups excluding carboxylic acids is 1. The molecule has 0 saturated heterocycles. The monoisotopic (exact) mass is 294 g/mol. The van der Waals surface area contributed by atoms with Crippen LogP contribution in [0.2, 0.25) is 0 Å². The Labute approximate surface area is 125 Å². The molecule has 5 heteroatoms. The number of amides is 1. The smallest absolute Gasteiger partial charge is 0.252 e. The highest BCUT2D eigenvalue weighted by Gasteiger charge is 2.41. The molecule has 1 aromatic carbocycles. The molecule has 0 saturated carbocycles. The first-order valence-electron chi connectivity index (χ1n) is 7.39. The van der Waals surface area contributed by atoms with Crippen LogP contribution in [0.3, 0.4) is 0 Å². The summed E-state index contributed by atoms with van der Waals surface area (Å²) in [4.78, 5) is 12.2. The Morgan fingerprint density at radius 1 is 1.33 bits per heavy atom. The normalized spacial score (nSPS) is 20.4. The Morgan fingerprint density at radius 2 is 2.14 bits per heavy atom. The SMILES string of the molecule is CNCCC1(CCCCOC)NC(=O)c2ccc(F)cc21. The van der Waals surface area contributed by atoms with Crippen molar-refractivity contribution in [2.24, 2.45) is 0 Å². The topological polar surface area (TPSA) is 50.4 Å². The highest BCUT2D eigenvalue weighted by Crippen LogP contribution is 2.38. The molecule has 0 aliphatic carbocycles. The van der Waals surface area contributed by atoms with Crippen molar-refractivity contribution in [3.63, 3.8) is 0 Å². The van der Waals surface area contributed by atoms with Crippen LogP contribution in [-0.2, 0) is 10.3 Å². The van der Waals surface area contributed by atoms with Gasteiger partial charge in [-0.3, -0.25) is 4.79 Å². The molecule has 1 aliphatic rings. The van der Waals surface area contributed by atoms with E-state index in [4.69, 9.17) is 4.74 Å². The highest BCUT2D eigenvalue weighted by atomic mass is 19.1. The van der Waals surface area contributed by atoms with Crippen LogP contribution in [0, 0.1) is 5.82 Å². The molecule has 1 amide bonds. The molecule has 0 radical (unpaired) electrons. The molecule has 21 heavy (non-hydrogen) atoms. The molecule has 0 bridgehead atoms. The van der Waals surface area contributed by atoms with Crippen LogP contribution >= 0.6 is 0 Å². The molecule has 0 fully saturated rings. The Hall–Kier alpha value is -1.46. The summed E-state index contributed by atoms with van der Waals surface area (Å²) in [5.74, 6) is -0.399. The maximum Gasteiger partial charge on any atom is 0.252 e. The molecule has 1 aromatic rings. The molecule has 116 valence electrons. The van der Waals surface area contributed by atoms with Crippen molar-refractivity contribution in [3.8, 4) is 0 Å². The summed E-state index contributed by atoms with van der Waals surface area (Å²) in [7, 11) is 3.56. The van der Waals surface area contributed by atoms with Crippen molar-refractivity contribution in [1.29, 1.82) is 0 Å². The minimum Gasteiger partial charge on any atom is -0.385 e. The summed E-state index contributed by atoms with van der Waals surface area (Å²) in [6, 6.07) is 4.42. The van der Waals surface area contributed by atoms with Crippen LogP contribution in [0.1, 0.15) is 41.6 Å². The van der Waals surface area contributed by atoms with E-state index in [1.165, 1.54) is 12.1 Å². The van der Waals surface area contributed by atoms with Crippen molar-refractivity contribution < 1.29 is 13.9 Å². The van der Waals surface area contributed by atoms with Gasteiger partial charge in [-0.1, -0.05) is 0 Å². The molecular formula is C16H23FN2O2. The van der Waals surface area contributed by atoms with Gasteiger partial charge in [0.2, 0.25) is 0 Å². The average Bonchev–Trinajstić information content (AvgIpc) is 2.74. The summed E-state index contributed by atoms with van der Waals surface area (Å²) >= 11 is 0. The second-order valence-corrected chi connectivity index (χ2v) is 5.53. The number of fused-ring (bicyclic) bond motifs is 1. The van der Waals surface area contributed by atoms with E-state index in [2.05, 4.69) is 10.6 Å². The van der Waals surface area contributed by atoms with Gasteiger partial charge in [0.25, 0.3) is 5.91 Å². The van der Waals surface area contributed by atoms with Gasteiger partial charge in [0.05, 0.1) is 5.54 Å². The molecule has 1 atom stereocenters. The van der Waals surface area contributed by atoms with E-state index < -0.39 is 5.54 Å². The van der Waals surface area contributed by atoms with Crippen molar-refractivity contribution in [2.75, 3.05) is 27.3 Å². The Bertz CT molecular complexity index is 507. The zero-order valence-corrected chi connectivity index (χ0v) is 12.7. The number of halogens is 1. The van der Waals surface area contributed by atoms with Gasteiger partial charge in [0.1, 0.15) is 5.82 Å². The van der Waals surface area contributed by atoms with Gasteiger partial charge in [0, 0.05) is 19.3 Å². The summed E-state index contributed by atoms with van der Waals surface area (Å²) in [6.45, 7) is 1.46. The van der Waals surface area contributed by atoms with Crippen LogP contribution in [0.4, 0.5) is 4.39 Å². The second-order valence-electron chi connectivity index (χ2n) is 5.53. The van der Waals surface area contributed by atoms with E-state index in [0.717, 1.165) is 37.8 Å². The number of methoxy groups -OCH3 is 1. The zero-order chi connectivity index (χ0) is 15.3. The predicted molar refractivity (Wildman–Crippen MR) is 79.8 cm³/mol. The fraction of sp³-hybridized carbons (Fsp3) is 0.562. The Morgan fingerprint density at radius 3 is 2.86 bits per heavy atom. The van der Waals surface area contributed by atoms with Crippen molar-refractivity contribution in [1.82, 2.24) is 10.6 Å². The number of nitrogens with one attached hydrogen (secondary N) is 2. The lowest BCUT2D eigenvalue weighted by atomic mass is 9.82. The number of hydrogen-bond donors (Lipinski definition) is 2. The first kappa shape index (κ1) is 15.9. The standard InChI is InChI=1S/C16H23FN2O2/c1-18-9-8-16(7-3-4-10-21-2)14-11-12(17)5-6-13(14)15(20)19-16/h5-6,11,18H,3-4,7-10H2,1-2H3,(H,19,20). The summed E-state index contributed by atoms with van der Waals surface area (Å²) < 4.78 is 18.7. The lowest BCUT2D eigenvalue weighted by Gasteiger charge is -2.31. The van der Waals surface area contributed by atoms with E-state index in [0.29, 0.717) is 12.2 Å². The third-order valence-electron chi connectivity index (χ3n) is 4.10. The summed E-state index contributed by atoms with van der Waals surface area (Å²) in [5.41, 5.74) is 0.921. The van der Waals surface area contributed by atoms with E-state index in [1.807, 2.05) is 7.05 Å². The number of benzene rings is 1. The number of rotatable bonds is 8. The number of carbonyl (C=O) groups is 1. The minimum atomic E-state index is -0.467. The van der Waals surface area contributed by atoms with Gasteiger partial charge >= 0.3 is 0 Å². The third-order valence-corrected chi connectivity index (χ3v) is 4.10. The average molecular weight is 294 g/mol. The molecule has 0 aromatic heterocycles. The third kappa shape index (κ3) is 3.41. The van der Waals surface area contributed by atoms with Crippen LogP contribution < -0.4 is 10.6 Å². The molecule has 2 rings (SSSR count). The van der Waals surface area contributed by atoms with Crippen LogP contribution in [0.5, 0.6) is 0 Å². The van der Waals surface area contributed by atoms with Gasteiger partial charge in [-0.15, -0.1) is 0 Å². The Kier molecular flexibility index (Phi) is 5.31. The van der Waals surface area contributed by atoms with Gasteiger partial charge in [-0.05, 0) is 63.0 Å². The number of ether oxygens (including phenoxy) is 1. The lowest BCUT2D eigenvalue weighted by molar-refractivity contribution is 0.0918. The maximum atomic E-state index is 13.6. The van der Waals surface area contributed by atoms with E-state index in [9.17, 15) is 9.18 Å². The first-order valence-corrected chi connectivity index (χ1v) is 7.39. The summed E-state index contributed by atoms with van der Waals surface area (Å²) in [6.07, 6.45) is 3.39. The van der Waals surface area contributed by atoms with Gasteiger partial charge in [-0.25, -0.2) is 4.39 Å². The molecular weight excluding hydrogens is 271 g/mol. The second kappa shape index (κ2) is 7.00. The van der Waals surface area contributed by atoms with E-state index >= 15 is 0 Å². The minimum absolute atomic E-state index is 0.104. The fourth-order valence-corrected chi connectivity index (χ4v) is 2.99. The van der Waals surface area contributed by atoms with Crippen molar-refractivity contribution in [3.05, 3.63) is 35.1 Å². The zero-order valence-electron chi connectivity index (χ0n) is 12.7. The van der Waals surface area contributed by atoms with Crippen molar-refractivity contribution >= 4 is 5.91 Å². The fourth-order valence-electron chi connectivity index (χ4n) is 2.99. The molecule has 1 aliphatic heterocycles. The molecule has 2 N–H and O–H groups in total. The largest absolute Gasteiger partial charge is 0.385 e. The number of unbranched alkanes of at least 4 members (excludes halogenated alkanes) is 1. The van der Waals surface area contributed by atoms with Gasteiger partial charge in [-0.2, -0.15) is 0 Å². The first-order chi connectivity index (χ1) is 10.1. The highest BCUT2D eigenvalue weighted by molar-refractivity contribution is 6.00. The van der Waals surface area contributed by atoms with Gasteiger partial charge < -0.3 is 15.4 Å². The predicted octanol–water partition coefficient (Wildman–Crippen LogP) is 2.19. The van der Waals surface area contributed by atoms with Crippen LogP contribution in [-0.4, -0.2) is 33.2 Å². The quantitative estimate of drug-likeness (QED) is 0.723. The van der Waals surface area contributed by atoms with Crippen LogP contribution in [0.25, 0.3) is 0 Å². The molecule has 1 heterocycles. The lowest BCUT2D eigenvalue weighted by Crippen LogP contribution is -2.41. The molecule has 0 spiro atoms. The van der Waals surface area contributed by atoms with E-state index in [1.54, 1.807) is 13.2 Å². The van der Waals surface area contributed by atoms with Crippen LogP contribution in [0.15, 0.2) is 18.2 Å². The number of hydrogen-bond acceptors (Lipinski definition) is 3. The van der Waals surface area contributed by atoms with Gasteiger partial charge in [0.15, 0.2) is 0 Å². The van der Waals surface area contributed by atoms with Crippen molar-refractivity contribution in [2.45, 2.75) is 31.2 Å². The molecule has 1 unspecified atom stereocenters. The summed E-state index contributed by atoms with van der Waals surface area (Å²) in [5, 5.41) is 6.20. The molecule has 4 nitrogen and oxygen atoms in total.